The maximum absolute atomic E-state index is 13.6. The van der Waals surface area contributed by atoms with Gasteiger partial charge in [-0.3, -0.25) is 14.6 Å². The van der Waals surface area contributed by atoms with Crippen LogP contribution < -0.4 is 10.6 Å². The molecule has 2 fully saturated rings. The minimum absolute atomic E-state index is 0.0785. The lowest BCUT2D eigenvalue weighted by atomic mass is 9.98. The van der Waals surface area contributed by atoms with Crippen molar-refractivity contribution in [2.45, 2.75) is 96.8 Å². The van der Waals surface area contributed by atoms with E-state index in [2.05, 4.69) is 45.9 Å². The second kappa shape index (κ2) is 18.1. The van der Waals surface area contributed by atoms with Gasteiger partial charge in [-0.15, -0.1) is 11.3 Å². The molecule has 5 heterocycles. The van der Waals surface area contributed by atoms with Crippen molar-refractivity contribution >= 4 is 56.8 Å². The number of hydrogen-bond acceptors (Lipinski definition) is 10. The molecule has 15 heteroatoms. The zero-order valence-electron chi connectivity index (χ0n) is 34.6. The van der Waals surface area contributed by atoms with Gasteiger partial charge in [-0.2, -0.15) is 0 Å². The van der Waals surface area contributed by atoms with Gasteiger partial charge in [-0.05, 0) is 80.1 Å². The summed E-state index contributed by atoms with van der Waals surface area (Å²) in [5.74, 6) is 0.310. The van der Waals surface area contributed by atoms with Crippen LogP contribution in [0.3, 0.4) is 0 Å². The van der Waals surface area contributed by atoms with Crippen molar-refractivity contribution in [3.63, 3.8) is 0 Å². The summed E-state index contributed by atoms with van der Waals surface area (Å²) in [6.07, 6.45) is 8.57. The first-order valence-corrected chi connectivity index (χ1v) is 21.4. The van der Waals surface area contributed by atoms with Gasteiger partial charge in [-0.1, -0.05) is 58.0 Å². The van der Waals surface area contributed by atoms with Crippen molar-refractivity contribution in [1.82, 2.24) is 35.4 Å². The Balaban J connectivity index is 1.03. The van der Waals surface area contributed by atoms with Crippen molar-refractivity contribution in [2.75, 3.05) is 27.3 Å². The Morgan fingerprint density at radius 1 is 0.780 bits per heavy atom. The van der Waals surface area contributed by atoms with E-state index in [1.54, 1.807) is 11.3 Å². The Morgan fingerprint density at radius 2 is 1.37 bits per heavy atom. The van der Waals surface area contributed by atoms with E-state index < -0.39 is 24.3 Å². The summed E-state index contributed by atoms with van der Waals surface area (Å²) >= 11 is 1.64. The highest BCUT2D eigenvalue weighted by atomic mass is 32.1. The van der Waals surface area contributed by atoms with Gasteiger partial charge in [0.2, 0.25) is 11.8 Å². The molecule has 0 saturated carbocycles. The number of nitrogens with zero attached hydrogens (tertiary/aromatic N) is 5. The van der Waals surface area contributed by atoms with Gasteiger partial charge in [0, 0.05) is 36.1 Å². The molecule has 3 N–H and O–H groups in total. The number of thiazole rings is 1. The molecule has 4 aromatic rings. The van der Waals surface area contributed by atoms with Crippen LogP contribution in [0.2, 0.25) is 0 Å². The third kappa shape index (κ3) is 9.04. The molecule has 0 radical (unpaired) electrons. The van der Waals surface area contributed by atoms with Crippen LogP contribution in [0.5, 0.6) is 0 Å². The molecular formula is C44H54N8O6S. The van der Waals surface area contributed by atoms with Gasteiger partial charge in [0.25, 0.3) is 0 Å². The molecule has 7 rings (SSSR count). The summed E-state index contributed by atoms with van der Waals surface area (Å²) < 4.78 is 10.6. The zero-order chi connectivity index (χ0) is 41.8. The molecular weight excluding hydrogens is 769 g/mol. The topological polar surface area (TPSA) is 171 Å². The fraction of sp³-hybridized carbons (Fsp3) is 0.477. The normalized spacial score (nSPS) is 19.3. The number of hydrogen-bond donors (Lipinski definition) is 3. The first kappa shape index (κ1) is 41.6. The summed E-state index contributed by atoms with van der Waals surface area (Å²) in [4.78, 5) is 73.1. The summed E-state index contributed by atoms with van der Waals surface area (Å²) in [7, 11) is 2.60. The lowest BCUT2D eigenvalue weighted by molar-refractivity contribution is -0.135. The van der Waals surface area contributed by atoms with Crippen LogP contribution in [0.1, 0.15) is 90.1 Å². The number of allylic oxidation sites excluding steroid dienone is 1. The molecule has 2 aromatic heterocycles. The molecule has 4 amide bonds. The van der Waals surface area contributed by atoms with Crippen LogP contribution in [-0.4, -0.2) is 99.9 Å². The molecule has 0 bridgehead atoms. The van der Waals surface area contributed by atoms with Crippen LogP contribution in [0.15, 0.2) is 59.9 Å². The Kier molecular flexibility index (Phi) is 12.8. The van der Waals surface area contributed by atoms with Crippen molar-refractivity contribution in [2.24, 2.45) is 16.8 Å². The lowest BCUT2D eigenvalue weighted by Gasteiger charge is -2.31. The van der Waals surface area contributed by atoms with E-state index >= 15 is 0 Å². The van der Waals surface area contributed by atoms with Gasteiger partial charge in [0.15, 0.2) is 0 Å². The van der Waals surface area contributed by atoms with Crippen molar-refractivity contribution in [1.29, 1.82) is 0 Å². The van der Waals surface area contributed by atoms with Crippen LogP contribution in [-0.2, 0) is 19.1 Å². The Hall–Kier alpha value is -5.57. The molecule has 3 aliphatic rings. The number of fused-ring (bicyclic) bond motifs is 1. The number of aliphatic imine (C=N–C) groups is 1. The highest BCUT2D eigenvalue weighted by Gasteiger charge is 2.39. The number of carbonyl (C=O) groups excluding carboxylic acids is 4. The highest BCUT2D eigenvalue weighted by molar-refractivity contribution is 7.21. The van der Waals surface area contributed by atoms with Crippen LogP contribution >= 0.6 is 11.3 Å². The number of rotatable bonds is 11. The van der Waals surface area contributed by atoms with E-state index in [9.17, 15) is 19.2 Å². The summed E-state index contributed by atoms with van der Waals surface area (Å²) in [5.41, 5.74) is 7.07. The number of methoxy groups -OCH3 is 2. The molecule has 2 saturated heterocycles. The molecule has 2 aromatic carbocycles. The maximum Gasteiger partial charge on any atom is 0.407 e. The third-order valence-corrected chi connectivity index (χ3v) is 12.7. The van der Waals surface area contributed by atoms with Crippen molar-refractivity contribution in [3.05, 3.63) is 66.2 Å². The number of amides is 4. The van der Waals surface area contributed by atoms with E-state index in [0.717, 1.165) is 99.7 Å². The summed E-state index contributed by atoms with van der Waals surface area (Å²) in [5, 5.41) is 6.36. The average Bonchev–Trinajstić information content (AvgIpc) is 4.06. The number of aromatic amines is 1. The quantitative estimate of drug-likeness (QED) is 0.138. The summed E-state index contributed by atoms with van der Waals surface area (Å²) in [6, 6.07) is 13.0. The molecule has 1 unspecified atom stereocenters. The molecule has 3 aliphatic heterocycles. The molecule has 59 heavy (non-hydrogen) atoms. The molecule has 14 nitrogen and oxygen atoms in total. The van der Waals surface area contributed by atoms with E-state index in [-0.39, 0.29) is 35.7 Å². The number of benzene rings is 2. The first-order chi connectivity index (χ1) is 28.4. The van der Waals surface area contributed by atoms with Crippen molar-refractivity contribution in [3.8, 4) is 21.8 Å². The van der Waals surface area contributed by atoms with E-state index in [4.69, 9.17) is 24.4 Å². The third-order valence-electron chi connectivity index (χ3n) is 11.6. The van der Waals surface area contributed by atoms with Gasteiger partial charge >= 0.3 is 12.2 Å². The van der Waals surface area contributed by atoms with Crippen LogP contribution in [0, 0.1) is 11.8 Å². The van der Waals surface area contributed by atoms with E-state index in [1.807, 2.05) is 62.0 Å². The maximum atomic E-state index is 13.6. The fourth-order valence-corrected chi connectivity index (χ4v) is 9.37. The van der Waals surface area contributed by atoms with Gasteiger partial charge in [-0.25, -0.2) is 19.6 Å². The molecule has 0 aliphatic carbocycles. The number of imidazole rings is 1. The van der Waals surface area contributed by atoms with Gasteiger partial charge in [0.1, 0.15) is 22.9 Å². The number of aromatic nitrogens is 3. The largest absolute Gasteiger partial charge is 0.453 e. The fourth-order valence-electron chi connectivity index (χ4n) is 8.36. The zero-order valence-corrected chi connectivity index (χ0v) is 35.4. The average molecular weight is 823 g/mol. The van der Waals surface area contributed by atoms with Gasteiger partial charge < -0.3 is 34.9 Å². The number of alkyl carbamates (subject to hydrolysis) is 2. The Bertz CT molecular complexity index is 2240. The number of carbonyl (C=O) groups is 4. The number of likely N-dealkylation sites (tertiary alicyclic amines) is 2. The highest BCUT2D eigenvalue weighted by Crippen LogP contribution is 2.36. The Morgan fingerprint density at radius 3 is 2.00 bits per heavy atom. The SMILES string of the molecule is COC(=O)N[C@H](C(=O)N1CCCC1C1=NC=C(c2ccc(-c3nc4ccc(-c5cnc([C@@H]6CCCN6C(=O)[C@@H](NC(=O)OC)C(C)C)[nH]5)cc4s3)cc2)CCC1)C(C)C. The second-order valence-electron chi connectivity index (χ2n) is 16.2. The standard InChI is InChI=1S/C44H54N8O6S/c1-25(2)37(49-43(55)57-5)41(53)51-20-8-12-34(51)31-11-7-10-30(23-45-31)27-14-16-28(17-15-27)40-48-32-19-18-29(22-36(32)59-40)33-24-46-39(47-33)35-13-9-21-52(35)42(54)38(26(3)4)50-44(56)58-6/h14-19,22-26,34-35,37-38H,7-13,20-21H2,1-6H3,(H,46,47)(H,49,55)(H,50,56)/t34?,35-,37-,38-/m0/s1. The van der Waals surface area contributed by atoms with Crippen molar-refractivity contribution < 1.29 is 28.7 Å². The predicted octanol–water partition coefficient (Wildman–Crippen LogP) is 7.73. The first-order valence-electron chi connectivity index (χ1n) is 20.6. The lowest BCUT2D eigenvalue weighted by Crippen LogP contribution is -2.53. The smallest absolute Gasteiger partial charge is 0.407 e. The monoisotopic (exact) mass is 822 g/mol. The predicted molar refractivity (Wildman–Crippen MR) is 229 cm³/mol. The molecule has 0 spiro atoms. The van der Waals surface area contributed by atoms with E-state index in [0.29, 0.717) is 13.1 Å². The molecule has 4 atom stereocenters. The van der Waals surface area contributed by atoms with Crippen LogP contribution in [0.25, 0.3) is 37.6 Å². The summed E-state index contributed by atoms with van der Waals surface area (Å²) in [6.45, 7) is 8.90. The molecule has 312 valence electrons. The Labute approximate surface area is 348 Å². The number of nitrogens with one attached hydrogen (secondary N) is 3. The van der Waals surface area contributed by atoms with Crippen LogP contribution in [0.4, 0.5) is 9.59 Å². The van der Waals surface area contributed by atoms with Gasteiger partial charge in [0.05, 0.1) is 48.4 Å². The second-order valence-corrected chi connectivity index (χ2v) is 17.2. The minimum atomic E-state index is -0.690. The van der Waals surface area contributed by atoms with E-state index in [1.165, 1.54) is 14.2 Å². The minimum Gasteiger partial charge on any atom is -0.453 e. The number of H-pyrrole nitrogens is 1. The number of ether oxygens (including phenoxy) is 2.